The molecule has 3 heteroatoms. The Morgan fingerprint density at radius 3 is 2.53 bits per heavy atom. The summed E-state index contributed by atoms with van der Waals surface area (Å²) in [4.78, 5) is 2.19. The van der Waals surface area contributed by atoms with Crippen LogP contribution in [0.25, 0.3) is 0 Å². The fourth-order valence-electron chi connectivity index (χ4n) is 1.43. The number of likely N-dealkylation sites (N-methyl/N-ethyl adjacent to an activating group) is 1. The molecule has 0 radical (unpaired) electrons. The molecule has 0 spiro atoms. The average Bonchev–Trinajstić information content (AvgIpc) is 2.18. The van der Waals surface area contributed by atoms with Crippen LogP contribution in [-0.4, -0.2) is 32.1 Å². The number of nitrogens with two attached hydrogens (primary N) is 1. The monoisotopic (exact) mass is 208 g/mol. The Morgan fingerprint density at radius 2 is 2.07 bits per heavy atom. The number of rotatable bonds is 4. The highest BCUT2D eigenvalue weighted by Gasteiger charge is 2.07. The van der Waals surface area contributed by atoms with Crippen LogP contribution in [0.3, 0.4) is 0 Å². The zero-order valence-electron chi connectivity index (χ0n) is 9.95. The first-order chi connectivity index (χ1) is 7.04. The van der Waals surface area contributed by atoms with Gasteiger partial charge in [-0.15, -0.1) is 0 Å². The number of hydrogen-bond acceptors (Lipinski definition) is 3. The van der Waals surface area contributed by atoms with Gasteiger partial charge < -0.3 is 15.4 Å². The Kier molecular flexibility index (Phi) is 3.97. The molecule has 0 aliphatic rings. The Labute approximate surface area is 91.8 Å². The van der Waals surface area contributed by atoms with Gasteiger partial charge in [-0.25, -0.2) is 0 Å². The average molecular weight is 208 g/mol. The van der Waals surface area contributed by atoms with Gasteiger partial charge in [-0.1, -0.05) is 6.07 Å². The summed E-state index contributed by atoms with van der Waals surface area (Å²) in [5.74, 6) is 0.747. The van der Waals surface area contributed by atoms with Gasteiger partial charge in [0.1, 0.15) is 5.75 Å². The van der Waals surface area contributed by atoms with Gasteiger partial charge in [-0.2, -0.15) is 0 Å². The molecule has 1 atom stereocenters. The van der Waals surface area contributed by atoms with Gasteiger partial charge in [0.2, 0.25) is 0 Å². The maximum absolute atomic E-state index is 5.85. The summed E-state index contributed by atoms with van der Waals surface area (Å²) in [5, 5.41) is 0. The van der Waals surface area contributed by atoms with Crippen LogP contribution in [0.5, 0.6) is 5.75 Å². The van der Waals surface area contributed by atoms with E-state index in [1.165, 1.54) is 5.56 Å². The van der Waals surface area contributed by atoms with Crippen LogP contribution in [0.15, 0.2) is 18.2 Å². The molecule has 0 aromatic heterocycles. The molecule has 3 nitrogen and oxygen atoms in total. The smallest absolute Gasteiger partial charge is 0.141 e. The minimum absolute atomic E-state index is 0.512. The van der Waals surface area contributed by atoms with E-state index in [1.807, 2.05) is 12.1 Å². The molecule has 0 saturated carbocycles. The largest absolute Gasteiger partial charge is 0.495 e. The van der Waals surface area contributed by atoms with E-state index >= 15 is 0 Å². The fourth-order valence-corrected chi connectivity index (χ4v) is 1.43. The van der Waals surface area contributed by atoms with Crippen LogP contribution in [0.4, 0.5) is 5.69 Å². The Hall–Kier alpha value is -1.22. The second kappa shape index (κ2) is 5.03. The van der Waals surface area contributed by atoms with E-state index in [-0.39, 0.29) is 0 Å². The van der Waals surface area contributed by atoms with Crippen LogP contribution in [0.1, 0.15) is 12.5 Å². The molecule has 0 amide bonds. The molecule has 1 unspecified atom stereocenters. The van der Waals surface area contributed by atoms with Gasteiger partial charge in [0.05, 0.1) is 12.8 Å². The molecule has 0 heterocycles. The summed E-state index contributed by atoms with van der Waals surface area (Å²) in [6, 6.07) is 6.49. The standard InChI is InChI=1S/C12H20N2O/c1-9(14(2)3)7-10-5-6-12(15-4)11(13)8-10/h5-6,8-9H,7,13H2,1-4H3. The predicted octanol–water partition coefficient (Wildman–Crippen LogP) is 1.77. The first kappa shape index (κ1) is 11.9. The van der Waals surface area contributed by atoms with Gasteiger partial charge >= 0.3 is 0 Å². The van der Waals surface area contributed by atoms with Crippen molar-refractivity contribution in [3.8, 4) is 5.75 Å². The lowest BCUT2D eigenvalue weighted by molar-refractivity contribution is 0.312. The molecule has 1 aromatic rings. The van der Waals surface area contributed by atoms with Crippen molar-refractivity contribution in [2.24, 2.45) is 0 Å². The molecule has 1 aromatic carbocycles. The molecule has 84 valence electrons. The van der Waals surface area contributed by atoms with Crippen molar-refractivity contribution in [3.05, 3.63) is 23.8 Å². The first-order valence-corrected chi connectivity index (χ1v) is 5.13. The number of anilines is 1. The van der Waals surface area contributed by atoms with E-state index in [2.05, 4.69) is 32.0 Å². The van der Waals surface area contributed by atoms with E-state index in [0.717, 1.165) is 12.2 Å². The van der Waals surface area contributed by atoms with Crippen LogP contribution in [-0.2, 0) is 6.42 Å². The van der Waals surface area contributed by atoms with Crippen LogP contribution < -0.4 is 10.5 Å². The molecule has 0 aliphatic carbocycles. The highest BCUT2D eigenvalue weighted by atomic mass is 16.5. The number of ether oxygens (including phenoxy) is 1. The molecule has 0 fully saturated rings. The molecule has 15 heavy (non-hydrogen) atoms. The third-order valence-electron chi connectivity index (χ3n) is 2.71. The highest BCUT2D eigenvalue weighted by Crippen LogP contribution is 2.22. The summed E-state index contributed by atoms with van der Waals surface area (Å²) >= 11 is 0. The lowest BCUT2D eigenvalue weighted by atomic mass is 10.1. The van der Waals surface area contributed by atoms with Crippen molar-refractivity contribution >= 4 is 5.69 Å². The van der Waals surface area contributed by atoms with Gasteiger partial charge in [-0.05, 0) is 45.1 Å². The summed E-state index contributed by atoms with van der Waals surface area (Å²) in [6.07, 6.45) is 1.00. The van der Waals surface area contributed by atoms with E-state index in [1.54, 1.807) is 7.11 Å². The molecular formula is C12H20N2O. The van der Waals surface area contributed by atoms with Gasteiger partial charge in [0, 0.05) is 6.04 Å². The van der Waals surface area contributed by atoms with Crippen molar-refractivity contribution in [1.29, 1.82) is 0 Å². The second-order valence-corrected chi connectivity index (χ2v) is 4.09. The van der Waals surface area contributed by atoms with Crippen molar-refractivity contribution in [2.45, 2.75) is 19.4 Å². The van der Waals surface area contributed by atoms with Gasteiger partial charge in [0.25, 0.3) is 0 Å². The predicted molar refractivity (Wildman–Crippen MR) is 64.3 cm³/mol. The van der Waals surface area contributed by atoms with Crippen molar-refractivity contribution in [2.75, 3.05) is 26.9 Å². The van der Waals surface area contributed by atoms with Crippen LogP contribution >= 0.6 is 0 Å². The van der Waals surface area contributed by atoms with Gasteiger partial charge in [-0.3, -0.25) is 0 Å². The Morgan fingerprint density at radius 1 is 1.40 bits per heavy atom. The Balaban J connectivity index is 2.75. The quantitative estimate of drug-likeness (QED) is 0.766. The zero-order chi connectivity index (χ0) is 11.4. The van der Waals surface area contributed by atoms with Crippen LogP contribution in [0, 0.1) is 0 Å². The number of nitrogens with zero attached hydrogens (tertiary/aromatic N) is 1. The molecule has 1 rings (SSSR count). The lowest BCUT2D eigenvalue weighted by Crippen LogP contribution is -2.26. The summed E-state index contributed by atoms with van der Waals surface area (Å²) < 4.78 is 5.12. The molecule has 0 aliphatic heterocycles. The maximum atomic E-state index is 5.85. The summed E-state index contributed by atoms with van der Waals surface area (Å²) in [5.41, 5.74) is 7.80. The third-order valence-corrected chi connectivity index (χ3v) is 2.71. The SMILES string of the molecule is COc1ccc(CC(C)N(C)C)cc1N. The zero-order valence-corrected chi connectivity index (χ0v) is 9.95. The van der Waals surface area contributed by atoms with Gasteiger partial charge in [0.15, 0.2) is 0 Å². The molecule has 2 N–H and O–H groups in total. The fraction of sp³-hybridized carbons (Fsp3) is 0.500. The van der Waals surface area contributed by atoms with E-state index in [0.29, 0.717) is 11.7 Å². The van der Waals surface area contributed by atoms with E-state index in [4.69, 9.17) is 10.5 Å². The number of methoxy groups -OCH3 is 1. The minimum atomic E-state index is 0.512. The molecular weight excluding hydrogens is 188 g/mol. The number of nitrogen functional groups attached to an aromatic ring is 1. The van der Waals surface area contributed by atoms with E-state index in [9.17, 15) is 0 Å². The van der Waals surface area contributed by atoms with Crippen molar-refractivity contribution in [3.63, 3.8) is 0 Å². The first-order valence-electron chi connectivity index (χ1n) is 5.13. The number of hydrogen-bond donors (Lipinski definition) is 1. The van der Waals surface area contributed by atoms with Crippen molar-refractivity contribution in [1.82, 2.24) is 4.90 Å². The van der Waals surface area contributed by atoms with Crippen LogP contribution in [0.2, 0.25) is 0 Å². The normalized spacial score (nSPS) is 12.9. The minimum Gasteiger partial charge on any atom is -0.495 e. The maximum Gasteiger partial charge on any atom is 0.141 e. The lowest BCUT2D eigenvalue weighted by Gasteiger charge is -2.20. The summed E-state index contributed by atoms with van der Waals surface area (Å²) in [6.45, 7) is 2.19. The van der Waals surface area contributed by atoms with Crippen molar-refractivity contribution < 1.29 is 4.74 Å². The topological polar surface area (TPSA) is 38.5 Å². The third kappa shape index (κ3) is 3.13. The molecule has 0 bridgehead atoms. The Bertz CT molecular complexity index is 323. The molecule has 0 saturated heterocycles. The highest BCUT2D eigenvalue weighted by molar-refractivity contribution is 5.54. The number of benzene rings is 1. The van der Waals surface area contributed by atoms with E-state index < -0.39 is 0 Å². The second-order valence-electron chi connectivity index (χ2n) is 4.09. The summed E-state index contributed by atoms with van der Waals surface area (Å²) in [7, 11) is 5.79.